The number of aromatic nitrogens is 1. The van der Waals surface area contributed by atoms with E-state index in [1.54, 1.807) is 30.3 Å². The highest BCUT2D eigenvalue weighted by molar-refractivity contribution is 7.92. The minimum Gasteiger partial charge on any atom is -0.365 e. The first-order chi connectivity index (χ1) is 9.23. The Morgan fingerprint density at radius 3 is 2.25 bits per heavy atom. The Morgan fingerprint density at radius 2 is 1.75 bits per heavy atom. The average Bonchev–Trinajstić information content (AvgIpc) is 2.89. The fourth-order valence-electron chi connectivity index (χ4n) is 1.65. The molecule has 2 rings (SSSR count). The second-order valence-corrected chi connectivity index (χ2v) is 12.5. The van der Waals surface area contributed by atoms with Crippen LogP contribution in [0.4, 0.5) is 5.69 Å². The molecule has 7 heteroatoms. The molecule has 1 heterocycles. The molecular formula is C13H18N2O3SSi. The number of hydrogen-bond donors (Lipinski definition) is 0. The normalized spacial score (nSPS) is 12.4. The molecule has 0 radical (unpaired) electrons. The molecule has 0 atom stereocenters. The molecule has 0 bridgehead atoms. The van der Waals surface area contributed by atoms with Crippen molar-refractivity contribution in [1.29, 1.82) is 0 Å². The van der Waals surface area contributed by atoms with Crippen molar-refractivity contribution in [2.75, 3.05) is 11.4 Å². The lowest BCUT2D eigenvalue weighted by Crippen LogP contribution is -2.36. The third-order valence-electron chi connectivity index (χ3n) is 2.97. The average molecular weight is 310 g/mol. The van der Waals surface area contributed by atoms with Gasteiger partial charge in [0.15, 0.2) is 0 Å². The molecule has 5 nitrogen and oxygen atoms in total. The van der Waals surface area contributed by atoms with E-state index in [4.69, 9.17) is 4.52 Å². The molecule has 20 heavy (non-hydrogen) atoms. The van der Waals surface area contributed by atoms with Crippen LogP contribution in [0.25, 0.3) is 0 Å². The summed E-state index contributed by atoms with van der Waals surface area (Å²) in [5.74, 6) is 0. The molecule has 0 saturated carbocycles. The van der Waals surface area contributed by atoms with Crippen molar-refractivity contribution < 1.29 is 12.9 Å². The number of hydrogen-bond acceptors (Lipinski definition) is 4. The molecule has 0 fully saturated rings. The molecule has 1 aromatic carbocycles. The van der Waals surface area contributed by atoms with Gasteiger partial charge in [-0.1, -0.05) is 43.0 Å². The minimum atomic E-state index is -3.68. The smallest absolute Gasteiger partial charge is 0.285 e. The Labute approximate surface area is 120 Å². The van der Waals surface area contributed by atoms with Gasteiger partial charge < -0.3 is 4.52 Å². The van der Waals surface area contributed by atoms with Crippen LogP contribution in [0.2, 0.25) is 19.6 Å². The summed E-state index contributed by atoms with van der Waals surface area (Å²) in [5.41, 5.74) is 0.588. The summed E-state index contributed by atoms with van der Waals surface area (Å²) >= 11 is 0. The van der Waals surface area contributed by atoms with Crippen LogP contribution in [0.15, 0.2) is 45.9 Å². The molecule has 0 unspecified atom stereocenters. The number of nitrogens with zero attached hydrogens (tertiary/aromatic N) is 2. The maximum atomic E-state index is 12.5. The van der Waals surface area contributed by atoms with Gasteiger partial charge in [-0.15, -0.1) is 0 Å². The van der Waals surface area contributed by atoms with Gasteiger partial charge >= 0.3 is 0 Å². The van der Waals surface area contributed by atoms with E-state index in [0.29, 0.717) is 11.1 Å². The molecule has 0 aliphatic heterocycles. The van der Waals surface area contributed by atoms with E-state index >= 15 is 0 Å². The van der Waals surface area contributed by atoms with E-state index in [1.165, 1.54) is 11.4 Å². The van der Waals surface area contributed by atoms with Crippen LogP contribution in [0.5, 0.6) is 0 Å². The lowest BCUT2D eigenvalue weighted by molar-refractivity contribution is 0.421. The number of para-hydroxylation sites is 1. The number of rotatable bonds is 4. The summed E-state index contributed by atoms with van der Waals surface area (Å²) in [6.45, 7) is 6.22. The van der Waals surface area contributed by atoms with Crippen LogP contribution in [0.1, 0.15) is 0 Å². The number of anilines is 1. The monoisotopic (exact) mass is 310 g/mol. The largest absolute Gasteiger partial charge is 0.365 e. The van der Waals surface area contributed by atoms with Crippen LogP contribution in [0, 0.1) is 0 Å². The Bertz CT molecular complexity index is 690. The van der Waals surface area contributed by atoms with Crippen LogP contribution in [-0.4, -0.2) is 28.7 Å². The summed E-state index contributed by atoms with van der Waals surface area (Å²) in [7, 11) is -3.89. The van der Waals surface area contributed by atoms with Gasteiger partial charge in [0.05, 0.1) is 5.69 Å². The quantitative estimate of drug-likeness (QED) is 0.811. The molecule has 2 aromatic rings. The van der Waals surface area contributed by atoms with Gasteiger partial charge in [-0.3, -0.25) is 4.31 Å². The van der Waals surface area contributed by atoms with Gasteiger partial charge in [-0.2, -0.15) is 8.42 Å². The standard InChI is InChI=1S/C13H18N2O3SSi/c1-15(11-8-6-5-7-9-11)19(16,17)12-10-13(18-14-12)20(2,3)4/h5-10H,1-4H3. The minimum absolute atomic E-state index is 0.0405. The Morgan fingerprint density at radius 1 is 1.15 bits per heavy atom. The summed E-state index contributed by atoms with van der Waals surface area (Å²) < 4.78 is 31.4. The third-order valence-corrected chi connectivity index (χ3v) is 6.34. The second kappa shape index (κ2) is 5.06. The lowest BCUT2D eigenvalue weighted by Gasteiger charge is -2.17. The molecule has 0 aliphatic carbocycles. The highest BCUT2D eigenvalue weighted by Gasteiger charge is 2.29. The maximum Gasteiger partial charge on any atom is 0.285 e. The van der Waals surface area contributed by atoms with E-state index in [-0.39, 0.29) is 5.03 Å². The Balaban J connectivity index is 2.38. The van der Waals surface area contributed by atoms with Crippen molar-refractivity contribution in [2.45, 2.75) is 24.7 Å². The summed E-state index contributed by atoms with van der Waals surface area (Å²) in [6, 6.07) is 10.4. The summed E-state index contributed by atoms with van der Waals surface area (Å²) in [4.78, 5) is 0. The Kier molecular flexibility index (Phi) is 3.75. The van der Waals surface area contributed by atoms with Crippen molar-refractivity contribution in [2.24, 2.45) is 0 Å². The van der Waals surface area contributed by atoms with Crippen LogP contribution < -0.4 is 9.69 Å². The van der Waals surface area contributed by atoms with Crippen molar-refractivity contribution in [1.82, 2.24) is 5.16 Å². The first-order valence-corrected chi connectivity index (χ1v) is 11.2. The van der Waals surface area contributed by atoms with Crippen molar-refractivity contribution >= 4 is 29.2 Å². The van der Waals surface area contributed by atoms with Gasteiger partial charge in [0.1, 0.15) is 13.5 Å². The third kappa shape index (κ3) is 2.78. The fraction of sp³-hybridized carbons (Fsp3) is 0.308. The van der Waals surface area contributed by atoms with Crippen LogP contribution in [-0.2, 0) is 10.0 Å². The van der Waals surface area contributed by atoms with Gasteiger partial charge in [0, 0.05) is 13.1 Å². The van der Waals surface area contributed by atoms with Gasteiger partial charge in [-0.05, 0) is 12.1 Å². The molecule has 1 aromatic heterocycles. The highest BCUT2D eigenvalue weighted by Crippen LogP contribution is 2.20. The van der Waals surface area contributed by atoms with E-state index in [9.17, 15) is 8.42 Å². The topological polar surface area (TPSA) is 63.4 Å². The molecule has 0 spiro atoms. The van der Waals surface area contributed by atoms with Crippen LogP contribution in [0.3, 0.4) is 0 Å². The van der Waals surface area contributed by atoms with Gasteiger partial charge in [-0.25, -0.2) is 0 Å². The van der Waals surface area contributed by atoms with Gasteiger partial charge in [0.2, 0.25) is 5.03 Å². The predicted molar refractivity (Wildman–Crippen MR) is 81.5 cm³/mol. The Hall–Kier alpha value is -1.60. The predicted octanol–water partition coefficient (Wildman–Crippen LogP) is 2.04. The summed E-state index contributed by atoms with van der Waals surface area (Å²) in [5, 5.41) is 4.37. The van der Waals surface area contributed by atoms with Crippen molar-refractivity contribution in [3.63, 3.8) is 0 Å². The molecular weight excluding hydrogens is 292 g/mol. The zero-order valence-electron chi connectivity index (χ0n) is 12.0. The second-order valence-electron chi connectivity index (χ2n) is 5.59. The molecule has 0 aliphatic rings. The van der Waals surface area contributed by atoms with Crippen molar-refractivity contribution in [3.8, 4) is 0 Å². The zero-order valence-corrected chi connectivity index (χ0v) is 13.8. The van der Waals surface area contributed by atoms with E-state index < -0.39 is 18.1 Å². The SMILES string of the molecule is CN(c1ccccc1)S(=O)(=O)c1cc([Si](C)(C)C)on1. The molecule has 108 valence electrons. The molecule has 0 saturated heterocycles. The molecule has 0 amide bonds. The summed E-state index contributed by atoms with van der Waals surface area (Å²) in [6.07, 6.45) is 0. The van der Waals surface area contributed by atoms with Crippen molar-refractivity contribution in [3.05, 3.63) is 36.4 Å². The zero-order chi connectivity index (χ0) is 15.0. The fourth-order valence-corrected chi connectivity index (χ4v) is 3.71. The number of benzene rings is 1. The number of sulfonamides is 1. The first-order valence-electron chi connectivity index (χ1n) is 6.24. The maximum absolute atomic E-state index is 12.5. The van der Waals surface area contributed by atoms with E-state index in [2.05, 4.69) is 24.8 Å². The highest BCUT2D eigenvalue weighted by atomic mass is 32.2. The van der Waals surface area contributed by atoms with E-state index in [0.717, 1.165) is 0 Å². The first kappa shape index (κ1) is 14.8. The van der Waals surface area contributed by atoms with E-state index in [1.807, 2.05) is 6.07 Å². The molecule has 0 N–H and O–H groups in total. The van der Waals surface area contributed by atoms with Gasteiger partial charge in [0.25, 0.3) is 10.0 Å². The van der Waals surface area contributed by atoms with Crippen LogP contribution >= 0.6 is 0 Å². The lowest BCUT2D eigenvalue weighted by atomic mass is 10.3.